The lowest BCUT2D eigenvalue weighted by Gasteiger charge is -2.29. The average molecular weight is 233 g/mol. The van der Waals surface area contributed by atoms with Crippen molar-refractivity contribution >= 4 is 0 Å². The van der Waals surface area contributed by atoms with E-state index in [1.165, 1.54) is 23.1 Å². The summed E-state index contributed by atoms with van der Waals surface area (Å²) < 4.78 is 5.29. The minimum Gasteiger partial charge on any atom is -0.380 e. The molecule has 1 atom stereocenters. The summed E-state index contributed by atoms with van der Waals surface area (Å²) in [6.07, 6.45) is 2.34. The molecule has 1 aromatic carbocycles. The molecule has 0 radical (unpaired) electrons. The lowest BCUT2D eigenvalue weighted by Crippen LogP contribution is -2.31. The number of fused-ring (bicyclic) bond motifs is 1. The molecule has 0 saturated carbocycles. The first-order valence-corrected chi connectivity index (χ1v) is 6.55. The van der Waals surface area contributed by atoms with Crippen LogP contribution in [0.4, 0.5) is 0 Å². The van der Waals surface area contributed by atoms with Gasteiger partial charge >= 0.3 is 0 Å². The summed E-state index contributed by atoms with van der Waals surface area (Å²) in [4.78, 5) is 0. The molecule has 0 aliphatic carbocycles. The highest BCUT2D eigenvalue weighted by Gasteiger charge is 2.21. The van der Waals surface area contributed by atoms with Gasteiger partial charge in [-0.25, -0.2) is 0 Å². The molecule has 0 spiro atoms. The van der Waals surface area contributed by atoms with Crippen molar-refractivity contribution in [2.75, 3.05) is 13.7 Å². The van der Waals surface area contributed by atoms with Crippen molar-refractivity contribution in [2.24, 2.45) is 5.92 Å². The summed E-state index contributed by atoms with van der Waals surface area (Å²) in [5, 5.41) is 3.64. The molecule has 0 amide bonds. The van der Waals surface area contributed by atoms with Crippen LogP contribution in [0.2, 0.25) is 0 Å². The number of rotatable bonds is 4. The van der Waals surface area contributed by atoms with Crippen LogP contribution in [-0.2, 0) is 17.8 Å². The zero-order valence-corrected chi connectivity index (χ0v) is 11.1. The third kappa shape index (κ3) is 2.88. The van der Waals surface area contributed by atoms with Gasteiger partial charge in [-0.3, -0.25) is 0 Å². The van der Waals surface area contributed by atoms with Crippen LogP contribution in [0.25, 0.3) is 0 Å². The molecule has 2 nitrogen and oxygen atoms in total. The van der Waals surface area contributed by atoms with E-state index in [0.717, 1.165) is 25.5 Å². The highest BCUT2D eigenvalue weighted by atomic mass is 16.5. The zero-order chi connectivity index (χ0) is 12.3. The summed E-state index contributed by atoms with van der Waals surface area (Å²) in [5.74, 6) is 0.726. The number of nitrogens with one attached hydrogen (secondary N) is 1. The number of methoxy groups -OCH3 is 1. The lowest BCUT2D eigenvalue weighted by molar-refractivity contribution is 0.183. The SMILES string of the molecule is COCc1cccc2c1CCNC2CC(C)C. The van der Waals surface area contributed by atoms with Gasteiger partial charge < -0.3 is 10.1 Å². The van der Waals surface area contributed by atoms with Crippen molar-refractivity contribution in [3.63, 3.8) is 0 Å². The van der Waals surface area contributed by atoms with E-state index in [1.807, 2.05) is 0 Å². The fourth-order valence-corrected chi connectivity index (χ4v) is 2.74. The molecule has 0 fully saturated rings. The van der Waals surface area contributed by atoms with Crippen molar-refractivity contribution in [1.82, 2.24) is 5.32 Å². The molecule has 1 unspecified atom stereocenters. The van der Waals surface area contributed by atoms with E-state index in [0.29, 0.717) is 6.04 Å². The van der Waals surface area contributed by atoms with Gasteiger partial charge in [0, 0.05) is 13.2 Å². The topological polar surface area (TPSA) is 21.3 Å². The lowest BCUT2D eigenvalue weighted by atomic mass is 9.87. The number of hydrogen-bond donors (Lipinski definition) is 1. The zero-order valence-electron chi connectivity index (χ0n) is 11.1. The van der Waals surface area contributed by atoms with Crippen LogP contribution < -0.4 is 5.32 Å². The molecule has 0 bridgehead atoms. The molecule has 2 rings (SSSR count). The van der Waals surface area contributed by atoms with Crippen molar-refractivity contribution in [3.8, 4) is 0 Å². The fourth-order valence-electron chi connectivity index (χ4n) is 2.74. The molecule has 1 aliphatic heterocycles. The van der Waals surface area contributed by atoms with Crippen LogP contribution in [-0.4, -0.2) is 13.7 Å². The Kier molecular flexibility index (Phi) is 4.19. The molecule has 2 heteroatoms. The Hall–Kier alpha value is -0.860. The monoisotopic (exact) mass is 233 g/mol. The molecule has 17 heavy (non-hydrogen) atoms. The number of benzene rings is 1. The first kappa shape index (κ1) is 12.6. The van der Waals surface area contributed by atoms with Crippen LogP contribution in [0.15, 0.2) is 18.2 Å². The third-order valence-corrected chi connectivity index (χ3v) is 3.46. The predicted octanol–water partition coefficient (Wildman–Crippen LogP) is 3.07. The first-order chi connectivity index (χ1) is 8.22. The largest absolute Gasteiger partial charge is 0.380 e. The van der Waals surface area contributed by atoms with Gasteiger partial charge in [0.15, 0.2) is 0 Å². The molecule has 1 heterocycles. The average Bonchev–Trinajstić information content (AvgIpc) is 2.30. The number of hydrogen-bond acceptors (Lipinski definition) is 2. The Balaban J connectivity index is 2.28. The molecule has 94 valence electrons. The molecule has 1 aliphatic rings. The van der Waals surface area contributed by atoms with Gasteiger partial charge in [0.25, 0.3) is 0 Å². The van der Waals surface area contributed by atoms with E-state index in [9.17, 15) is 0 Å². The van der Waals surface area contributed by atoms with Crippen LogP contribution in [0, 0.1) is 5.92 Å². The van der Waals surface area contributed by atoms with E-state index >= 15 is 0 Å². The summed E-state index contributed by atoms with van der Waals surface area (Å²) >= 11 is 0. The van der Waals surface area contributed by atoms with Gasteiger partial charge in [-0.1, -0.05) is 32.0 Å². The Morgan fingerprint density at radius 2 is 2.24 bits per heavy atom. The quantitative estimate of drug-likeness (QED) is 0.863. The molecule has 0 saturated heterocycles. The van der Waals surface area contributed by atoms with Crippen molar-refractivity contribution in [2.45, 2.75) is 39.3 Å². The van der Waals surface area contributed by atoms with E-state index in [4.69, 9.17) is 4.74 Å². The summed E-state index contributed by atoms with van der Waals surface area (Å²) in [7, 11) is 1.77. The van der Waals surface area contributed by atoms with Gasteiger partial charge in [0.05, 0.1) is 6.61 Å². The Morgan fingerprint density at radius 1 is 1.41 bits per heavy atom. The first-order valence-electron chi connectivity index (χ1n) is 6.55. The summed E-state index contributed by atoms with van der Waals surface area (Å²) in [6.45, 7) is 6.40. The predicted molar refractivity (Wildman–Crippen MR) is 71.1 cm³/mol. The molecular formula is C15H23NO. The maximum atomic E-state index is 5.29. The van der Waals surface area contributed by atoms with Gasteiger partial charge in [-0.05, 0) is 42.0 Å². The molecule has 1 N–H and O–H groups in total. The van der Waals surface area contributed by atoms with Gasteiger partial charge in [-0.2, -0.15) is 0 Å². The smallest absolute Gasteiger partial charge is 0.0715 e. The van der Waals surface area contributed by atoms with Crippen molar-refractivity contribution < 1.29 is 4.74 Å². The highest BCUT2D eigenvalue weighted by molar-refractivity contribution is 5.39. The molecule has 1 aromatic rings. The second-order valence-corrected chi connectivity index (χ2v) is 5.30. The van der Waals surface area contributed by atoms with Gasteiger partial charge in [0.1, 0.15) is 0 Å². The summed E-state index contributed by atoms with van der Waals surface area (Å²) in [5.41, 5.74) is 4.36. The van der Waals surface area contributed by atoms with Gasteiger partial charge in [-0.15, -0.1) is 0 Å². The Labute approximate surface area is 104 Å². The van der Waals surface area contributed by atoms with E-state index in [-0.39, 0.29) is 0 Å². The second-order valence-electron chi connectivity index (χ2n) is 5.30. The van der Waals surface area contributed by atoms with E-state index < -0.39 is 0 Å². The third-order valence-electron chi connectivity index (χ3n) is 3.46. The maximum absolute atomic E-state index is 5.29. The fraction of sp³-hybridized carbons (Fsp3) is 0.600. The Morgan fingerprint density at radius 3 is 2.94 bits per heavy atom. The Bertz CT molecular complexity index is 373. The highest BCUT2D eigenvalue weighted by Crippen LogP contribution is 2.30. The second kappa shape index (κ2) is 5.65. The summed E-state index contributed by atoms with van der Waals surface area (Å²) in [6, 6.07) is 7.15. The van der Waals surface area contributed by atoms with Crippen molar-refractivity contribution in [3.05, 3.63) is 34.9 Å². The standard InChI is InChI=1S/C15H23NO/c1-11(2)9-15-14-6-4-5-12(10-17-3)13(14)7-8-16-15/h4-6,11,15-16H,7-10H2,1-3H3. The van der Waals surface area contributed by atoms with Crippen molar-refractivity contribution in [1.29, 1.82) is 0 Å². The molecule has 0 aromatic heterocycles. The minimum absolute atomic E-state index is 0.524. The minimum atomic E-state index is 0.524. The van der Waals surface area contributed by atoms with Gasteiger partial charge in [0.2, 0.25) is 0 Å². The van der Waals surface area contributed by atoms with E-state index in [1.54, 1.807) is 7.11 Å². The van der Waals surface area contributed by atoms with Crippen LogP contribution in [0.1, 0.15) is 43.0 Å². The normalized spacial score (nSPS) is 19.4. The molecular weight excluding hydrogens is 210 g/mol. The van der Waals surface area contributed by atoms with E-state index in [2.05, 4.69) is 37.4 Å². The van der Waals surface area contributed by atoms with Crippen LogP contribution in [0.5, 0.6) is 0 Å². The van der Waals surface area contributed by atoms with Crippen LogP contribution in [0.3, 0.4) is 0 Å². The maximum Gasteiger partial charge on any atom is 0.0715 e. The van der Waals surface area contributed by atoms with Crippen LogP contribution >= 0.6 is 0 Å². The number of ether oxygens (including phenoxy) is 1.